The number of Topliss-reactive ketones (excluding diaryl/α,β-unsaturated/α-hetero) is 3. The number of nitrogens with zero attached hydrogens (tertiary/aromatic N) is 1. The van der Waals surface area contributed by atoms with Gasteiger partial charge in [-0.25, -0.2) is 4.79 Å². The van der Waals surface area contributed by atoms with Crippen molar-refractivity contribution in [1.29, 1.82) is 0 Å². The zero-order valence-electron chi connectivity index (χ0n) is 35.7. The molecule has 2 heterocycles. The summed E-state index contributed by atoms with van der Waals surface area (Å²) in [5, 5.41) is 22.8. The highest BCUT2D eigenvalue weighted by atomic mass is 35.5. The molecule has 0 bridgehead atoms. The van der Waals surface area contributed by atoms with Gasteiger partial charge in [0.1, 0.15) is 24.0 Å². The standard InChI is InChI=1S/C44H70ClNO11/c1-10-31-20-25(2)19-26(3)21-38(56-9)40(50)36(54-7)17-14-27(4)39(49)41(51)43(52)46-18-12-11-13-33(46)44(53)57-42(29(6)34(47)24-35(31)48)28(5)22-30-15-16-32(45)37(23-30)55-8/h20,22,26-27,29-34,36-38,40,42,47,50H,10-19,21,23-24H2,1-9H3/b25-20+,28-22+/t26-,27+,29+,30-,31+,32-,33-,34-,36-,37+,38-,40-,42+/m0/s1. The number of piperidine rings is 1. The Labute approximate surface area is 345 Å². The number of amides is 1. The van der Waals surface area contributed by atoms with Crippen molar-refractivity contribution in [2.75, 3.05) is 27.9 Å². The second kappa shape index (κ2) is 23.3. The van der Waals surface area contributed by atoms with Gasteiger partial charge in [-0.2, -0.15) is 0 Å². The van der Waals surface area contributed by atoms with Crippen LogP contribution in [0.3, 0.4) is 0 Å². The van der Waals surface area contributed by atoms with E-state index in [1.807, 2.05) is 39.8 Å². The fourth-order valence-corrected chi connectivity index (χ4v) is 9.23. The largest absolute Gasteiger partial charge is 0.456 e. The fraction of sp³-hybridized carbons (Fsp3) is 0.795. The monoisotopic (exact) mass is 823 g/mol. The number of hydrogen-bond acceptors (Lipinski definition) is 11. The van der Waals surface area contributed by atoms with E-state index in [9.17, 15) is 34.2 Å². The highest BCUT2D eigenvalue weighted by molar-refractivity contribution is 6.63. The van der Waals surface area contributed by atoms with E-state index >= 15 is 0 Å². The zero-order valence-corrected chi connectivity index (χ0v) is 36.5. The maximum Gasteiger partial charge on any atom is 0.329 e. The average molecular weight is 824 g/mol. The quantitative estimate of drug-likeness (QED) is 0.141. The minimum atomic E-state index is -1.21. The third kappa shape index (κ3) is 13.5. The molecule has 13 atom stereocenters. The van der Waals surface area contributed by atoms with Crippen molar-refractivity contribution < 1.29 is 53.1 Å². The number of methoxy groups -OCH3 is 3. The Morgan fingerprint density at radius 2 is 1.56 bits per heavy atom. The Morgan fingerprint density at radius 3 is 2.19 bits per heavy atom. The van der Waals surface area contributed by atoms with Gasteiger partial charge in [-0.3, -0.25) is 19.2 Å². The summed E-state index contributed by atoms with van der Waals surface area (Å²) >= 11 is 6.51. The lowest BCUT2D eigenvalue weighted by Gasteiger charge is -2.36. The van der Waals surface area contributed by atoms with Crippen molar-refractivity contribution in [2.45, 2.75) is 167 Å². The van der Waals surface area contributed by atoms with Gasteiger partial charge in [0.15, 0.2) is 0 Å². The van der Waals surface area contributed by atoms with E-state index in [4.69, 9.17) is 30.5 Å². The molecule has 3 rings (SSSR count). The summed E-state index contributed by atoms with van der Waals surface area (Å²) in [4.78, 5) is 69.7. The summed E-state index contributed by atoms with van der Waals surface area (Å²) < 4.78 is 23.2. The fourth-order valence-electron chi connectivity index (χ4n) is 8.90. The molecule has 1 amide bonds. The molecule has 3 aliphatic rings. The second-order valence-corrected chi connectivity index (χ2v) is 17.6. The predicted molar refractivity (Wildman–Crippen MR) is 218 cm³/mol. The molecule has 13 heteroatoms. The molecule has 2 N–H and O–H groups in total. The molecule has 12 nitrogen and oxygen atoms in total. The third-order valence-corrected chi connectivity index (χ3v) is 13.0. The van der Waals surface area contributed by atoms with Crippen LogP contribution in [0, 0.1) is 29.6 Å². The number of aliphatic hydroxyl groups is 2. The lowest BCUT2D eigenvalue weighted by Crippen LogP contribution is -2.53. The summed E-state index contributed by atoms with van der Waals surface area (Å²) in [5.41, 5.74) is 1.69. The van der Waals surface area contributed by atoms with Crippen LogP contribution in [0.4, 0.5) is 0 Å². The number of carbonyl (C=O) groups is 5. The van der Waals surface area contributed by atoms with Crippen molar-refractivity contribution in [3.8, 4) is 0 Å². The molecule has 1 aliphatic carbocycles. The van der Waals surface area contributed by atoms with Crippen LogP contribution >= 0.6 is 11.6 Å². The van der Waals surface area contributed by atoms with Gasteiger partial charge >= 0.3 is 5.97 Å². The number of rotatable bonds is 6. The van der Waals surface area contributed by atoms with E-state index in [0.717, 1.165) is 23.3 Å². The van der Waals surface area contributed by atoms with Gasteiger partial charge in [0, 0.05) is 52.0 Å². The first-order valence-corrected chi connectivity index (χ1v) is 21.5. The van der Waals surface area contributed by atoms with Crippen LogP contribution < -0.4 is 0 Å². The third-order valence-electron chi connectivity index (χ3n) is 12.5. The highest BCUT2D eigenvalue weighted by Crippen LogP contribution is 2.34. The number of allylic oxidation sites excluding steroid dienone is 3. The Kier molecular flexibility index (Phi) is 20.0. The average Bonchev–Trinajstić information content (AvgIpc) is 3.19. The van der Waals surface area contributed by atoms with Gasteiger partial charge in [0.2, 0.25) is 5.78 Å². The predicted octanol–water partition coefficient (Wildman–Crippen LogP) is 5.95. The normalized spacial score (nSPS) is 38.1. The molecule has 0 radical (unpaired) electrons. The lowest BCUT2D eigenvalue weighted by molar-refractivity contribution is -0.165. The molecule has 0 unspecified atom stereocenters. The smallest absolute Gasteiger partial charge is 0.329 e. The zero-order chi connectivity index (χ0) is 42.6. The number of carbonyl (C=O) groups excluding carboxylic acids is 5. The van der Waals surface area contributed by atoms with E-state index in [-0.39, 0.29) is 61.3 Å². The number of fused-ring (bicyclic) bond motifs is 1. The maximum absolute atomic E-state index is 14.2. The molecule has 324 valence electrons. The SMILES string of the molecule is CC[C@@H]1/C=C(\C)C[C@H](C)C[C@H](OC)[C@@H](O)[C@@H](OC)CC[C@@H](C)C(=O)C(=O)C(=O)N2CCCC[C@H]2C(=O)O[C@H](/C(C)=C/[C@@H]2CC[C@H](Cl)[C@H](OC)C2)[C@H](C)[C@@H](O)CC1=O. The molecule has 0 aromatic heterocycles. The molecule has 1 saturated heterocycles. The molecule has 1 saturated carbocycles. The van der Waals surface area contributed by atoms with Crippen LogP contribution in [0.2, 0.25) is 0 Å². The summed E-state index contributed by atoms with van der Waals surface area (Å²) in [7, 11) is 4.62. The minimum absolute atomic E-state index is 0.0636. The minimum Gasteiger partial charge on any atom is -0.456 e. The van der Waals surface area contributed by atoms with E-state index in [2.05, 4.69) is 0 Å². The number of hydrogen-bond donors (Lipinski definition) is 2. The summed E-state index contributed by atoms with van der Waals surface area (Å²) in [6.07, 6.45) is 4.88. The van der Waals surface area contributed by atoms with Gasteiger partial charge < -0.3 is 34.1 Å². The van der Waals surface area contributed by atoms with E-state index in [0.29, 0.717) is 44.1 Å². The van der Waals surface area contributed by atoms with Crippen molar-refractivity contribution in [3.05, 3.63) is 23.3 Å². The van der Waals surface area contributed by atoms with E-state index in [1.165, 1.54) is 14.2 Å². The van der Waals surface area contributed by atoms with Crippen molar-refractivity contribution >= 4 is 40.8 Å². The molecule has 0 spiro atoms. The van der Waals surface area contributed by atoms with Crippen LogP contribution in [0.15, 0.2) is 23.3 Å². The molecular weight excluding hydrogens is 754 g/mol. The molecular formula is C44H70ClNO11. The Balaban J connectivity index is 2.03. The van der Waals surface area contributed by atoms with Crippen molar-refractivity contribution in [1.82, 2.24) is 4.90 Å². The number of aliphatic hydroxyl groups excluding tert-OH is 2. The maximum atomic E-state index is 14.2. The van der Waals surface area contributed by atoms with E-state index < -0.39 is 77.8 Å². The Hall–Kier alpha value is -2.48. The Bertz CT molecular complexity index is 1430. The number of halogens is 1. The van der Waals surface area contributed by atoms with Crippen molar-refractivity contribution in [3.63, 3.8) is 0 Å². The number of cyclic esters (lactones) is 1. The summed E-state index contributed by atoms with van der Waals surface area (Å²) in [6, 6.07) is -1.12. The number of ether oxygens (including phenoxy) is 4. The second-order valence-electron chi connectivity index (χ2n) is 17.0. The molecule has 2 aliphatic heterocycles. The van der Waals surface area contributed by atoms with Crippen molar-refractivity contribution in [2.24, 2.45) is 29.6 Å². The number of esters is 1. The Morgan fingerprint density at radius 1 is 0.895 bits per heavy atom. The van der Waals surface area contributed by atoms with Gasteiger partial charge in [-0.05, 0) is 102 Å². The van der Waals surface area contributed by atoms with Gasteiger partial charge in [0.25, 0.3) is 11.7 Å². The molecule has 0 aromatic rings. The first-order valence-electron chi connectivity index (χ1n) is 21.0. The summed E-state index contributed by atoms with van der Waals surface area (Å²) in [5.74, 6) is -5.88. The van der Waals surface area contributed by atoms with Gasteiger partial charge in [-0.15, -0.1) is 11.6 Å². The number of ketones is 3. The van der Waals surface area contributed by atoms with Crippen LogP contribution in [-0.2, 0) is 42.9 Å². The molecule has 2 fully saturated rings. The van der Waals surface area contributed by atoms with E-state index in [1.54, 1.807) is 21.0 Å². The van der Waals surface area contributed by atoms with Crippen LogP contribution in [0.5, 0.6) is 0 Å². The van der Waals surface area contributed by atoms with Gasteiger partial charge in [-0.1, -0.05) is 45.4 Å². The van der Waals surface area contributed by atoms with Gasteiger partial charge in [0.05, 0.1) is 29.8 Å². The lowest BCUT2D eigenvalue weighted by atomic mass is 9.82. The first kappa shape index (κ1) is 48.9. The van der Waals surface area contributed by atoms with Crippen LogP contribution in [0.25, 0.3) is 0 Å². The topological polar surface area (TPSA) is 166 Å². The highest BCUT2D eigenvalue weighted by Gasteiger charge is 2.42. The number of alkyl halides is 1. The first-order chi connectivity index (χ1) is 27.0. The van der Waals surface area contributed by atoms with Crippen LogP contribution in [-0.4, -0.2) is 120 Å². The summed E-state index contributed by atoms with van der Waals surface area (Å²) in [6.45, 7) is 11.2. The molecule has 57 heavy (non-hydrogen) atoms. The van der Waals surface area contributed by atoms with Crippen LogP contribution in [0.1, 0.15) is 119 Å². The molecule has 0 aromatic carbocycles.